The molecule has 0 atom stereocenters. The van der Waals surface area contributed by atoms with E-state index in [2.05, 4.69) is 41.8 Å². The largest absolute Gasteiger partial charge is 0.481 e. The van der Waals surface area contributed by atoms with Crippen LogP contribution in [0.5, 0.6) is 5.88 Å². The van der Waals surface area contributed by atoms with Crippen LogP contribution in [0.15, 0.2) is 29.1 Å². The number of fused-ring (bicyclic) bond motifs is 1. The average molecular weight is 456 g/mol. The molecular weight excluding hydrogens is 440 g/mol. The lowest BCUT2D eigenvalue weighted by Gasteiger charge is -2.12. The molecule has 27 heavy (non-hydrogen) atoms. The summed E-state index contributed by atoms with van der Waals surface area (Å²) in [5.74, 6) is 0.468. The lowest BCUT2D eigenvalue weighted by Crippen LogP contribution is -2.23. The first-order valence-electron chi connectivity index (χ1n) is 7.91. The maximum absolute atomic E-state index is 12.0. The second-order valence-electron chi connectivity index (χ2n) is 5.28. The molecule has 0 unspecified atom stereocenters. The van der Waals surface area contributed by atoms with Crippen LogP contribution in [0.1, 0.15) is 22.8 Å². The van der Waals surface area contributed by atoms with Crippen LogP contribution in [0.3, 0.4) is 0 Å². The molecule has 142 valence electrons. The molecule has 0 radical (unpaired) electrons. The van der Waals surface area contributed by atoms with Crippen molar-refractivity contribution in [3.8, 4) is 5.88 Å². The molecule has 0 aliphatic carbocycles. The Labute approximate surface area is 168 Å². The highest BCUT2D eigenvalue weighted by Crippen LogP contribution is 2.23. The Hall–Kier alpha value is -2.43. The molecule has 0 saturated heterocycles. The molecule has 0 spiro atoms. The number of aromatic nitrogens is 4. The number of carbonyl (C=O) groups excluding carboxylic acids is 1. The van der Waals surface area contributed by atoms with Crippen LogP contribution in [0.25, 0.3) is 5.65 Å². The lowest BCUT2D eigenvalue weighted by atomic mass is 10.3. The summed E-state index contributed by atoms with van der Waals surface area (Å²) in [5.41, 5.74) is 7.44. The number of nitrogens with zero attached hydrogens (tertiary/aromatic N) is 4. The van der Waals surface area contributed by atoms with Crippen molar-refractivity contribution < 1.29 is 14.3 Å². The van der Waals surface area contributed by atoms with Gasteiger partial charge in [-0.3, -0.25) is 0 Å². The number of anilines is 1. The number of ether oxygens (including phenoxy) is 2. The van der Waals surface area contributed by atoms with Crippen molar-refractivity contribution in [3.05, 3.63) is 45.3 Å². The van der Waals surface area contributed by atoms with E-state index in [0.717, 1.165) is 5.56 Å². The summed E-state index contributed by atoms with van der Waals surface area (Å²) in [4.78, 5) is 20.6. The monoisotopic (exact) mass is 454 g/mol. The van der Waals surface area contributed by atoms with Crippen molar-refractivity contribution in [2.24, 2.45) is 0 Å². The fraction of sp³-hybridized carbons (Fsp3) is 0.250. The quantitative estimate of drug-likeness (QED) is 0.414. The van der Waals surface area contributed by atoms with Crippen molar-refractivity contribution in [2.45, 2.75) is 13.5 Å². The fourth-order valence-electron chi connectivity index (χ4n) is 2.33. The molecule has 0 bridgehead atoms. The number of hydrazine groups is 1. The van der Waals surface area contributed by atoms with E-state index in [0.29, 0.717) is 33.4 Å². The van der Waals surface area contributed by atoms with Gasteiger partial charge in [-0.15, -0.1) is 0 Å². The number of halogens is 2. The Balaban J connectivity index is 1.79. The van der Waals surface area contributed by atoms with Crippen LogP contribution in [-0.4, -0.2) is 39.3 Å². The summed E-state index contributed by atoms with van der Waals surface area (Å²) in [7, 11) is 1.54. The van der Waals surface area contributed by atoms with Crippen molar-refractivity contribution >= 4 is 45.0 Å². The van der Waals surface area contributed by atoms with Gasteiger partial charge in [-0.05, 0) is 28.9 Å². The molecule has 0 aromatic carbocycles. The first-order chi connectivity index (χ1) is 13.0. The summed E-state index contributed by atoms with van der Waals surface area (Å²) in [6, 6.07) is 1.75. The van der Waals surface area contributed by atoms with E-state index in [9.17, 15) is 4.79 Å². The van der Waals surface area contributed by atoms with Crippen LogP contribution < -0.4 is 15.6 Å². The Morgan fingerprint density at radius 1 is 1.41 bits per heavy atom. The standard InChI is InChI=1S/C16H16BrClN6O3/c1-3-27-16(25)11-7-21-24-8-12(17)13(22-14(11)24)23-20-5-9-4-10(18)6-19-15(9)26-2/h4,6-8,20H,3,5H2,1-2H3,(H,22,23). The highest BCUT2D eigenvalue weighted by atomic mass is 79.9. The summed E-state index contributed by atoms with van der Waals surface area (Å²) >= 11 is 9.40. The zero-order valence-electron chi connectivity index (χ0n) is 14.5. The van der Waals surface area contributed by atoms with Gasteiger partial charge >= 0.3 is 5.97 Å². The topological polar surface area (TPSA) is 103 Å². The van der Waals surface area contributed by atoms with Crippen LogP contribution in [0.2, 0.25) is 5.02 Å². The van der Waals surface area contributed by atoms with E-state index in [1.54, 1.807) is 19.2 Å². The Kier molecular flexibility index (Phi) is 6.09. The van der Waals surface area contributed by atoms with Crippen molar-refractivity contribution in [1.29, 1.82) is 0 Å². The number of pyridine rings is 1. The molecular formula is C16H16BrClN6O3. The van der Waals surface area contributed by atoms with Crippen molar-refractivity contribution in [3.63, 3.8) is 0 Å². The predicted octanol–water partition coefficient (Wildman–Crippen LogP) is 2.84. The van der Waals surface area contributed by atoms with E-state index >= 15 is 0 Å². The summed E-state index contributed by atoms with van der Waals surface area (Å²) in [5, 5.41) is 4.63. The molecule has 11 heteroatoms. The van der Waals surface area contributed by atoms with E-state index < -0.39 is 5.97 Å². The molecule has 0 aliphatic rings. The van der Waals surface area contributed by atoms with Crippen molar-refractivity contribution in [1.82, 2.24) is 25.0 Å². The predicted molar refractivity (Wildman–Crippen MR) is 103 cm³/mol. The van der Waals surface area contributed by atoms with Gasteiger partial charge in [0.2, 0.25) is 5.88 Å². The van der Waals surface area contributed by atoms with Crippen LogP contribution >= 0.6 is 27.5 Å². The molecule has 9 nitrogen and oxygen atoms in total. The Bertz CT molecular complexity index is 980. The van der Waals surface area contributed by atoms with Gasteiger partial charge in [0.15, 0.2) is 11.5 Å². The fourth-order valence-corrected chi connectivity index (χ4v) is 2.89. The maximum atomic E-state index is 12.0. The minimum absolute atomic E-state index is 0.273. The maximum Gasteiger partial charge on any atom is 0.343 e. The van der Waals surface area contributed by atoms with Gasteiger partial charge in [-0.2, -0.15) is 5.10 Å². The first kappa shape index (κ1) is 19.3. The molecule has 3 aromatic heterocycles. The third-order valence-corrected chi connectivity index (χ3v) is 4.30. The van der Waals surface area contributed by atoms with Crippen LogP contribution in [-0.2, 0) is 11.3 Å². The number of carbonyl (C=O) groups is 1. The van der Waals surface area contributed by atoms with Crippen molar-refractivity contribution in [2.75, 3.05) is 19.1 Å². The molecule has 3 heterocycles. The second-order valence-corrected chi connectivity index (χ2v) is 6.58. The number of hydrogen-bond donors (Lipinski definition) is 2. The van der Waals surface area contributed by atoms with E-state index in [4.69, 9.17) is 21.1 Å². The van der Waals surface area contributed by atoms with Crippen LogP contribution in [0.4, 0.5) is 5.82 Å². The SMILES string of the molecule is CCOC(=O)c1cnn2cc(Br)c(NNCc3cc(Cl)cnc3OC)nc12. The molecule has 3 rings (SSSR count). The van der Waals surface area contributed by atoms with Gasteiger partial charge in [0, 0.05) is 24.5 Å². The molecule has 3 aromatic rings. The Morgan fingerprint density at radius 2 is 2.22 bits per heavy atom. The van der Waals surface area contributed by atoms with Crippen LogP contribution in [0, 0.1) is 0 Å². The summed E-state index contributed by atoms with van der Waals surface area (Å²) in [6.07, 6.45) is 4.63. The smallest absolute Gasteiger partial charge is 0.343 e. The second kappa shape index (κ2) is 8.51. The highest BCUT2D eigenvalue weighted by Gasteiger charge is 2.17. The molecule has 0 aliphatic heterocycles. The molecule has 0 saturated carbocycles. The van der Waals surface area contributed by atoms with Gasteiger partial charge < -0.3 is 14.9 Å². The Morgan fingerprint density at radius 3 is 2.96 bits per heavy atom. The molecule has 0 amide bonds. The number of hydrogen-bond acceptors (Lipinski definition) is 8. The number of rotatable bonds is 7. The summed E-state index contributed by atoms with van der Waals surface area (Å²) < 4.78 is 12.4. The van der Waals surface area contributed by atoms with Gasteiger partial charge in [0.1, 0.15) is 5.56 Å². The minimum Gasteiger partial charge on any atom is -0.481 e. The normalized spacial score (nSPS) is 10.8. The third kappa shape index (κ3) is 4.29. The third-order valence-electron chi connectivity index (χ3n) is 3.51. The first-order valence-corrected chi connectivity index (χ1v) is 9.08. The number of esters is 1. The van der Waals surface area contributed by atoms with Gasteiger partial charge in [-0.1, -0.05) is 11.6 Å². The molecule has 0 fully saturated rings. The van der Waals surface area contributed by atoms with Gasteiger partial charge in [0.25, 0.3) is 0 Å². The van der Waals surface area contributed by atoms with Gasteiger partial charge in [0.05, 0.1) is 29.4 Å². The van der Waals surface area contributed by atoms with E-state index in [-0.39, 0.29) is 12.2 Å². The van der Waals surface area contributed by atoms with Gasteiger partial charge in [-0.25, -0.2) is 24.7 Å². The average Bonchev–Trinajstić information content (AvgIpc) is 3.05. The number of nitrogens with one attached hydrogen (secondary N) is 2. The van der Waals surface area contributed by atoms with E-state index in [1.807, 2.05) is 0 Å². The zero-order valence-corrected chi connectivity index (χ0v) is 16.8. The number of methoxy groups -OCH3 is 1. The molecule has 2 N–H and O–H groups in total. The minimum atomic E-state index is -0.476. The lowest BCUT2D eigenvalue weighted by molar-refractivity contribution is 0.0528. The summed E-state index contributed by atoms with van der Waals surface area (Å²) in [6.45, 7) is 2.39. The highest BCUT2D eigenvalue weighted by molar-refractivity contribution is 9.10. The van der Waals surface area contributed by atoms with E-state index in [1.165, 1.54) is 24.0 Å². The zero-order chi connectivity index (χ0) is 19.4.